The summed E-state index contributed by atoms with van der Waals surface area (Å²) in [5, 5.41) is 3.35. The predicted molar refractivity (Wildman–Crippen MR) is 67.3 cm³/mol. The van der Waals surface area contributed by atoms with E-state index in [-0.39, 0.29) is 5.41 Å². The minimum absolute atomic E-state index is 0.162. The summed E-state index contributed by atoms with van der Waals surface area (Å²) in [6.07, 6.45) is 6.16. The Labute approximate surface area is 96.2 Å². The van der Waals surface area contributed by atoms with Crippen LogP contribution in [0.5, 0.6) is 0 Å². The Hall–Kier alpha value is -0.670. The van der Waals surface area contributed by atoms with E-state index in [0.29, 0.717) is 0 Å². The van der Waals surface area contributed by atoms with Crippen LogP contribution >= 0.6 is 11.3 Å². The van der Waals surface area contributed by atoms with Crippen molar-refractivity contribution in [1.29, 1.82) is 0 Å². The number of rotatable bonds is 4. The van der Waals surface area contributed by atoms with Crippen molar-refractivity contribution in [3.8, 4) is 0 Å². The highest BCUT2D eigenvalue weighted by molar-refractivity contribution is 7.09. The van der Waals surface area contributed by atoms with Gasteiger partial charge in [-0.1, -0.05) is 32.9 Å². The largest absolute Gasteiger partial charge is 0.330 e. The van der Waals surface area contributed by atoms with Crippen LogP contribution in [-0.4, -0.2) is 11.5 Å². The van der Waals surface area contributed by atoms with E-state index >= 15 is 0 Å². The molecule has 0 unspecified atom stereocenters. The standard InChI is InChI=1S/C12H20N2S/c1-12(2,3)10-9-15-11(14-10)7-5-4-6-8-13/h4-5,9H,6-8,13H2,1-3H3. The first-order valence-corrected chi connectivity index (χ1v) is 6.22. The highest BCUT2D eigenvalue weighted by Gasteiger charge is 2.16. The van der Waals surface area contributed by atoms with E-state index in [1.54, 1.807) is 11.3 Å². The van der Waals surface area contributed by atoms with E-state index in [0.717, 1.165) is 19.4 Å². The van der Waals surface area contributed by atoms with Crippen molar-refractivity contribution in [1.82, 2.24) is 4.98 Å². The minimum Gasteiger partial charge on any atom is -0.330 e. The van der Waals surface area contributed by atoms with Crippen LogP contribution in [0.2, 0.25) is 0 Å². The number of hydrogen-bond acceptors (Lipinski definition) is 3. The van der Waals surface area contributed by atoms with Crippen LogP contribution < -0.4 is 5.73 Å². The molecule has 1 aromatic rings. The molecule has 0 amide bonds. The van der Waals surface area contributed by atoms with Gasteiger partial charge in [0.05, 0.1) is 10.7 Å². The van der Waals surface area contributed by atoms with Crippen LogP contribution in [0.3, 0.4) is 0 Å². The topological polar surface area (TPSA) is 38.9 Å². The van der Waals surface area contributed by atoms with Gasteiger partial charge in [-0.2, -0.15) is 0 Å². The number of nitrogens with two attached hydrogens (primary N) is 1. The van der Waals surface area contributed by atoms with Gasteiger partial charge in [0.2, 0.25) is 0 Å². The lowest BCUT2D eigenvalue weighted by atomic mass is 9.93. The van der Waals surface area contributed by atoms with E-state index in [9.17, 15) is 0 Å². The molecule has 0 radical (unpaired) electrons. The van der Waals surface area contributed by atoms with E-state index in [4.69, 9.17) is 5.73 Å². The second kappa shape index (κ2) is 5.42. The maximum Gasteiger partial charge on any atom is 0.0966 e. The van der Waals surface area contributed by atoms with Gasteiger partial charge in [0.25, 0.3) is 0 Å². The first-order valence-electron chi connectivity index (χ1n) is 5.34. The SMILES string of the molecule is CC(C)(C)c1csc(CC=CCCN)n1. The van der Waals surface area contributed by atoms with Gasteiger partial charge in [0.15, 0.2) is 0 Å². The van der Waals surface area contributed by atoms with Crippen molar-refractivity contribution in [3.63, 3.8) is 0 Å². The summed E-state index contributed by atoms with van der Waals surface area (Å²) in [6.45, 7) is 7.30. The zero-order chi connectivity index (χ0) is 11.3. The summed E-state index contributed by atoms with van der Waals surface area (Å²) in [5.41, 5.74) is 6.76. The quantitative estimate of drug-likeness (QED) is 0.799. The molecule has 0 saturated carbocycles. The number of thiazole rings is 1. The lowest BCUT2D eigenvalue weighted by Gasteiger charge is -2.14. The molecule has 0 saturated heterocycles. The van der Waals surface area contributed by atoms with Crippen molar-refractivity contribution in [3.05, 3.63) is 28.2 Å². The Morgan fingerprint density at radius 2 is 2.13 bits per heavy atom. The Morgan fingerprint density at radius 3 is 2.67 bits per heavy atom. The third kappa shape index (κ3) is 4.14. The lowest BCUT2D eigenvalue weighted by Crippen LogP contribution is -2.11. The fourth-order valence-corrected chi connectivity index (χ4v) is 2.14. The zero-order valence-corrected chi connectivity index (χ0v) is 10.6. The van der Waals surface area contributed by atoms with Crippen molar-refractivity contribution in [2.45, 2.75) is 39.0 Å². The maximum absolute atomic E-state index is 5.40. The van der Waals surface area contributed by atoms with Crippen LogP contribution in [0.4, 0.5) is 0 Å². The van der Waals surface area contributed by atoms with Crippen molar-refractivity contribution < 1.29 is 0 Å². The van der Waals surface area contributed by atoms with Crippen LogP contribution in [0, 0.1) is 0 Å². The predicted octanol–water partition coefficient (Wildman–Crippen LogP) is 2.89. The minimum atomic E-state index is 0.162. The molecule has 1 aromatic heterocycles. The first-order chi connectivity index (χ1) is 7.04. The van der Waals surface area contributed by atoms with Crippen LogP contribution in [-0.2, 0) is 11.8 Å². The first kappa shape index (κ1) is 12.4. The fraction of sp³-hybridized carbons (Fsp3) is 0.583. The molecule has 15 heavy (non-hydrogen) atoms. The molecule has 0 aliphatic rings. The smallest absolute Gasteiger partial charge is 0.0966 e. The van der Waals surface area contributed by atoms with Gasteiger partial charge in [-0.15, -0.1) is 11.3 Å². The van der Waals surface area contributed by atoms with Gasteiger partial charge in [-0.25, -0.2) is 4.98 Å². The molecule has 1 rings (SSSR count). The Morgan fingerprint density at radius 1 is 1.40 bits per heavy atom. The molecule has 3 heteroatoms. The molecule has 0 atom stereocenters. The van der Waals surface area contributed by atoms with Gasteiger partial charge >= 0.3 is 0 Å². The molecule has 0 aliphatic carbocycles. The monoisotopic (exact) mass is 224 g/mol. The number of aromatic nitrogens is 1. The van der Waals surface area contributed by atoms with Crippen molar-refractivity contribution >= 4 is 11.3 Å². The molecule has 0 spiro atoms. The fourth-order valence-electron chi connectivity index (χ4n) is 1.15. The number of allylic oxidation sites excluding steroid dienone is 1. The Kier molecular flexibility index (Phi) is 4.48. The summed E-state index contributed by atoms with van der Waals surface area (Å²) in [7, 11) is 0. The Balaban J connectivity index is 2.54. The van der Waals surface area contributed by atoms with E-state index in [2.05, 4.69) is 43.3 Å². The molecule has 0 bridgehead atoms. The zero-order valence-electron chi connectivity index (χ0n) is 9.79. The molecule has 2 N–H and O–H groups in total. The average molecular weight is 224 g/mol. The third-order valence-electron chi connectivity index (χ3n) is 2.11. The average Bonchev–Trinajstić information content (AvgIpc) is 2.60. The molecular weight excluding hydrogens is 204 g/mol. The molecule has 2 nitrogen and oxygen atoms in total. The normalized spacial score (nSPS) is 12.5. The van der Waals surface area contributed by atoms with Crippen molar-refractivity contribution in [2.75, 3.05) is 6.54 Å². The van der Waals surface area contributed by atoms with E-state index in [1.165, 1.54) is 10.7 Å². The van der Waals surface area contributed by atoms with Crippen LogP contribution in [0.1, 0.15) is 37.9 Å². The summed E-state index contributed by atoms with van der Waals surface area (Å²) >= 11 is 1.74. The summed E-state index contributed by atoms with van der Waals surface area (Å²) in [4.78, 5) is 4.62. The van der Waals surface area contributed by atoms with Crippen LogP contribution in [0.25, 0.3) is 0 Å². The lowest BCUT2D eigenvalue weighted by molar-refractivity contribution is 0.571. The molecule has 84 valence electrons. The molecule has 0 fully saturated rings. The molecule has 1 heterocycles. The molecule has 0 aliphatic heterocycles. The van der Waals surface area contributed by atoms with Crippen LogP contribution in [0.15, 0.2) is 17.5 Å². The molecule has 0 aromatic carbocycles. The highest BCUT2D eigenvalue weighted by atomic mass is 32.1. The Bertz CT molecular complexity index is 321. The highest BCUT2D eigenvalue weighted by Crippen LogP contribution is 2.24. The maximum atomic E-state index is 5.40. The third-order valence-corrected chi connectivity index (χ3v) is 2.98. The van der Waals surface area contributed by atoms with Gasteiger partial charge in [-0.3, -0.25) is 0 Å². The molecular formula is C12H20N2S. The summed E-state index contributed by atoms with van der Waals surface area (Å²) < 4.78 is 0. The van der Waals surface area contributed by atoms with E-state index < -0.39 is 0 Å². The van der Waals surface area contributed by atoms with Crippen molar-refractivity contribution in [2.24, 2.45) is 5.73 Å². The summed E-state index contributed by atoms with van der Waals surface area (Å²) in [6, 6.07) is 0. The second-order valence-corrected chi connectivity index (χ2v) is 5.57. The number of hydrogen-bond donors (Lipinski definition) is 1. The summed E-state index contributed by atoms with van der Waals surface area (Å²) in [5.74, 6) is 0. The van der Waals surface area contributed by atoms with Gasteiger partial charge in [-0.05, 0) is 13.0 Å². The second-order valence-electron chi connectivity index (χ2n) is 4.63. The van der Waals surface area contributed by atoms with Gasteiger partial charge < -0.3 is 5.73 Å². The number of nitrogens with zero attached hydrogens (tertiary/aromatic N) is 1. The van der Waals surface area contributed by atoms with Gasteiger partial charge in [0.1, 0.15) is 0 Å². The van der Waals surface area contributed by atoms with Gasteiger partial charge in [0, 0.05) is 17.2 Å². The van der Waals surface area contributed by atoms with E-state index in [1.807, 2.05) is 0 Å².